The first-order valence-corrected chi connectivity index (χ1v) is 10.8. The van der Waals surface area contributed by atoms with Crippen molar-refractivity contribution >= 4 is 34.0 Å². The van der Waals surface area contributed by atoms with E-state index < -0.39 is 18.0 Å². The second-order valence-electron chi connectivity index (χ2n) is 7.11. The minimum Gasteiger partial charge on any atom is -0.298 e. The number of rotatable bonds is 5. The van der Waals surface area contributed by atoms with Crippen LogP contribution in [0.25, 0.3) is 17.1 Å². The Morgan fingerprint density at radius 3 is 2.56 bits per heavy atom. The molecule has 0 spiro atoms. The van der Waals surface area contributed by atoms with Gasteiger partial charge in [-0.25, -0.2) is 18.4 Å². The fourth-order valence-electron chi connectivity index (χ4n) is 3.29. The molecule has 3 aromatic heterocycles. The van der Waals surface area contributed by atoms with Gasteiger partial charge in [0.1, 0.15) is 11.4 Å². The number of amides is 1. The molecule has 1 aromatic carbocycles. The van der Waals surface area contributed by atoms with Crippen LogP contribution in [-0.2, 0) is 0 Å². The number of aryl methyl sites for hydroxylation is 3. The van der Waals surface area contributed by atoms with Gasteiger partial charge in [0.05, 0.1) is 27.7 Å². The lowest BCUT2D eigenvalue weighted by Crippen LogP contribution is -2.15. The van der Waals surface area contributed by atoms with Crippen LogP contribution in [0, 0.1) is 20.8 Å². The van der Waals surface area contributed by atoms with Crippen LogP contribution in [0.1, 0.15) is 38.6 Å². The van der Waals surface area contributed by atoms with E-state index in [4.69, 9.17) is 11.6 Å². The van der Waals surface area contributed by atoms with Crippen molar-refractivity contribution in [2.24, 2.45) is 0 Å². The van der Waals surface area contributed by atoms with Gasteiger partial charge in [0.2, 0.25) is 0 Å². The van der Waals surface area contributed by atoms with Crippen LogP contribution < -0.4 is 5.32 Å². The summed E-state index contributed by atoms with van der Waals surface area (Å²) in [6.45, 7) is 5.29. The van der Waals surface area contributed by atoms with Gasteiger partial charge in [-0.2, -0.15) is 5.10 Å². The number of carbonyl (C=O) groups is 1. The van der Waals surface area contributed by atoms with E-state index >= 15 is 0 Å². The lowest BCUT2D eigenvalue weighted by Gasteiger charge is -2.10. The van der Waals surface area contributed by atoms with E-state index in [-0.39, 0.29) is 27.1 Å². The summed E-state index contributed by atoms with van der Waals surface area (Å²) < 4.78 is 29.1. The normalized spacial score (nSPS) is 11.2. The lowest BCUT2D eigenvalue weighted by molar-refractivity contribution is 0.100. The third-order valence-electron chi connectivity index (χ3n) is 4.78. The SMILES string of the molecule is Cc1ccc(-c2nc(NC(=O)c3c(C)nn(-c4ccccc4Cl)c3C(F)F)sc2C)nc1. The Morgan fingerprint density at radius 2 is 1.91 bits per heavy atom. The van der Waals surface area contributed by atoms with Crippen molar-refractivity contribution in [1.82, 2.24) is 19.7 Å². The molecule has 32 heavy (non-hydrogen) atoms. The Balaban J connectivity index is 1.70. The number of pyridine rings is 1. The molecule has 164 valence electrons. The molecule has 0 atom stereocenters. The Kier molecular flexibility index (Phi) is 6.03. The molecule has 0 fully saturated rings. The number of carbonyl (C=O) groups excluding carboxylic acids is 1. The highest BCUT2D eigenvalue weighted by molar-refractivity contribution is 7.16. The molecule has 0 aliphatic heterocycles. The van der Waals surface area contributed by atoms with Gasteiger partial charge in [-0.1, -0.05) is 29.8 Å². The van der Waals surface area contributed by atoms with Gasteiger partial charge >= 0.3 is 0 Å². The number of anilines is 1. The molecule has 0 aliphatic rings. The first-order chi connectivity index (χ1) is 15.3. The van der Waals surface area contributed by atoms with Crippen molar-refractivity contribution in [2.75, 3.05) is 5.32 Å². The predicted octanol–water partition coefficient (Wildman–Crippen LogP) is 6.16. The number of nitrogens with one attached hydrogen (secondary N) is 1. The summed E-state index contributed by atoms with van der Waals surface area (Å²) in [7, 11) is 0. The van der Waals surface area contributed by atoms with Crippen LogP contribution in [0.5, 0.6) is 0 Å². The molecule has 1 amide bonds. The Bertz CT molecular complexity index is 1300. The Morgan fingerprint density at radius 1 is 1.16 bits per heavy atom. The van der Waals surface area contributed by atoms with E-state index in [2.05, 4.69) is 20.4 Å². The molecular formula is C22H18ClF2N5OS. The van der Waals surface area contributed by atoms with Crippen LogP contribution in [0.4, 0.5) is 13.9 Å². The van der Waals surface area contributed by atoms with Gasteiger partial charge in [0.15, 0.2) is 5.13 Å². The number of nitrogens with zero attached hydrogens (tertiary/aromatic N) is 4. The van der Waals surface area contributed by atoms with E-state index in [9.17, 15) is 13.6 Å². The molecule has 3 heterocycles. The summed E-state index contributed by atoms with van der Waals surface area (Å²) in [4.78, 5) is 22.7. The predicted molar refractivity (Wildman–Crippen MR) is 121 cm³/mol. The first kappa shape index (κ1) is 22.0. The summed E-state index contributed by atoms with van der Waals surface area (Å²) in [5.74, 6) is -0.715. The zero-order valence-corrected chi connectivity index (χ0v) is 18.9. The van der Waals surface area contributed by atoms with E-state index in [1.807, 2.05) is 26.0 Å². The monoisotopic (exact) mass is 473 g/mol. The summed E-state index contributed by atoms with van der Waals surface area (Å²) in [6.07, 6.45) is -1.22. The number of alkyl halides is 2. The number of hydrogen-bond donors (Lipinski definition) is 1. The van der Waals surface area contributed by atoms with E-state index in [0.717, 1.165) is 15.1 Å². The van der Waals surface area contributed by atoms with Crippen LogP contribution >= 0.6 is 22.9 Å². The molecule has 4 rings (SSSR count). The highest BCUT2D eigenvalue weighted by Crippen LogP contribution is 2.33. The summed E-state index contributed by atoms with van der Waals surface area (Å²) in [5.41, 5.74) is 2.00. The maximum atomic E-state index is 14.0. The summed E-state index contributed by atoms with van der Waals surface area (Å²) >= 11 is 7.42. The van der Waals surface area contributed by atoms with Gasteiger partial charge in [0.25, 0.3) is 12.3 Å². The average molecular weight is 474 g/mol. The second-order valence-corrected chi connectivity index (χ2v) is 8.72. The van der Waals surface area contributed by atoms with Gasteiger partial charge in [-0.15, -0.1) is 11.3 Å². The van der Waals surface area contributed by atoms with E-state index in [0.29, 0.717) is 11.4 Å². The molecule has 0 radical (unpaired) electrons. The van der Waals surface area contributed by atoms with Crippen LogP contribution in [0.3, 0.4) is 0 Å². The van der Waals surface area contributed by atoms with E-state index in [1.165, 1.54) is 18.3 Å². The lowest BCUT2D eigenvalue weighted by atomic mass is 10.1. The third kappa shape index (κ3) is 4.13. The highest BCUT2D eigenvalue weighted by Gasteiger charge is 2.29. The standard InChI is InChI=1S/C22H18ClF2N5OS/c1-11-8-9-15(26-10-11)18-13(3)32-22(27-18)28-21(31)17-12(2)29-30(19(17)20(24)25)16-7-5-4-6-14(16)23/h4-10,20H,1-3H3,(H,27,28,31). The molecule has 0 unspecified atom stereocenters. The smallest absolute Gasteiger partial charge is 0.281 e. The number of thiazole rings is 1. The maximum Gasteiger partial charge on any atom is 0.281 e. The number of aromatic nitrogens is 4. The zero-order valence-electron chi connectivity index (χ0n) is 17.4. The second kappa shape index (κ2) is 8.76. The molecule has 6 nitrogen and oxygen atoms in total. The molecular weight excluding hydrogens is 456 g/mol. The minimum atomic E-state index is -2.95. The van der Waals surface area contributed by atoms with Gasteiger partial charge < -0.3 is 0 Å². The first-order valence-electron chi connectivity index (χ1n) is 9.60. The number of para-hydroxylation sites is 1. The molecule has 0 saturated heterocycles. The van der Waals surface area contributed by atoms with Gasteiger partial charge in [-0.05, 0) is 44.5 Å². The maximum absolute atomic E-state index is 14.0. The van der Waals surface area contributed by atoms with Crippen molar-refractivity contribution in [3.8, 4) is 17.1 Å². The molecule has 4 aromatic rings. The molecule has 0 bridgehead atoms. The molecule has 10 heteroatoms. The average Bonchev–Trinajstić information content (AvgIpc) is 3.28. The third-order valence-corrected chi connectivity index (χ3v) is 5.99. The van der Waals surface area contributed by atoms with Crippen molar-refractivity contribution in [2.45, 2.75) is 27.2 Å². The summed E-state index contributed by atoms with van der Waals surface area (Å²) in [5, 5.41) is 7.34. The fourth-order valence-corrected chi connectivity index (χ4v) is 4.32. The van der Waals surface area contributed by atoms with Gasteiger partial charge in [-0.3, -0.25) is 15.1 Å². The van der Waals surface area contributed by atoms with Crippen LogP contribution in [-0.4, -0.2) is 25.7 Å². The largest absolute Gasteiger partial charge is 0.298 e. The van der Waals surface area contributed by atoms with Crippen molar-refractivity contribution in [3.05, 3.63) is 75.0 Å². The van der Waals surface area contributed by atoms with E-state index in [1.54, 1.807) is 30.5 Å². The van der Waals surface area contributed by atoms with Gasteiger partial charge in [0, 0.05) is 11.1 Å². The number of hydrogen-bond acceptors (Lipinski definition) is 5. The van der Waals surface area contributed by atoms with Crippen molar-refractivity contribution < 1.29 is 13.6 Å². The molecule has 1 N–H and O–H groups in total. The zero-order chi connectivity index (χ0) is 23.0. The highest BCUT2D eigenvalue weighted by atomic mass is 35.5. The fraction of sp³-hybridized carbons (Fsp3) is 0.182. The summed E-state index contributed by atoms with van der Waals surface area (Å²) in [6, 6.07) is 10.2. The van der Waals surface area contributed by atoms with Crippen LogP contribution in [0.2, 0.25) is 5.02 Å². The van der Waals surface area contributed by atoms with Crippen LogP contribution in [0.15, 0.2) is 42.6 Å². The molecule has 0 saturated carbocycles. The van der Waals surface area contributed by atoms with Crippen molar-refractivity contribution in [3.63, 3.8) is 0 Å². The molecule has 0 aliphatic carbocycles. The topological polar surface area (TPSA) is 72.7 Å². The Labute approximate surface area is 191 Å². The number of halogens is 3. The quantitative estimate of drug-likeness (QED) is 0.377. The Hall–Kier alpha value is -3.17. The minimum absolute atomic E-state index is 0.159. The van der Waals surface area contributed by atoms with Crippen molar-refractivity contribution in [1.29, 1.82) is 0 Å². The number of benzene rings is 1.